The summed E-state index contributed by atoms with van der Waals surface area (Å²) in [7, 11) is 0. The van der Waals surface area contributed by atoms with Crippen molar-refractivity contribution in [3.8, 4) is 0 Å². The van der Waals surface area contributed by atoms with Gasteiger partial charge in [0.25, 0.3) is 0 Å². The van der Waals surface area contributed by atoms with Crippen molar-refractivity contribution >= 4 is 0 Å². The van der Waals surface area contributed by atoms with Gasteiger partial charge in [0.2, 0.25) is 0 Å². The Morgan fingerprint density at radius 2 is 1.15 bits per heavy atom. The quantitative estimate of drug-likeness (QED) is 0.681. The van der Waals surface area contributed by atoms with Crippen LogP contribution in [0.4, 0.5) is 0 Å². The molecule has 0 saturated heterocycles. The van der Waals surface area contributed by atoms with Crippen LogP contribution < -0.4 is 0 Å². The van der Waals surface area contributed by atoms with Crippen molar-refractivity contribution in [1.82, 2.24) is 0 Å². The molecular weight excluding hydrogens is 204 g/mol. The van der Waals surface area contributed by atoms with Gasteiger partial charge in [-0.3, -0.25) is 0 Å². The fourth-order valence-corrected chi connectivity index (χ4v) is 2.08. The van der Waals surface area contributed by atoms with Gasteiger partial charge in [-0.1, -0.05) is 44.9 Å². The number of hydrogen-bond donors (Lipinski definition) is 1. The van der Waals surface area contributed by atoms with Gasteiger partial charge in [0.1, 0.15) is 0 Å². The van der Waals surface area contributed by atoms with E-state index in [1.807, 2.05) is 0 Å². The first-order valence-electron chi connectivity index (χ1n) is 5.54. The van der Waals surface area contributed by atoms with Gasteiger partial charge in [0, 0.05) is 23.7 Å². The van der Waals surface area contributed by atoms with Crippen molar-refractivity contribution in [2.45, 2.75) is 57.8 Å². The van der Waals surface area contributed by atoms with Gasteiger partial charge in [-0.25, -0.2) is 0 Å². The minimum atomic E-state index is 0. The third-order valence-electron chi connectivity index (χ3n) is 2.98. The average molecular weight is 226 g/mol. The van der Waals surface area contributed by atoms with E-state index in [0.29, 0.717) is 12.5 Å². The van der Waals surface area contributed by atoms with Crippen LogP contribution in [0.25, 0.3) is 0 Å². The zero-order valence-corrected chi connectivity index (χ0v) is 9.55. The Morgan fingerprint density at radius 1 is 0.769 bits per heavy atom. The zero-order chi connectivity index (χ0) is 8.65. The predicted molar refractivity (Wildman–Crippen MR) is 52.1 cm³/mol. The van der Waals surface area contributed by atoms with E-state index >= 15 is 0 Å². The Morgan fingerprint density at radius 3 is 1.38 bits per heavy atom. The first-order valence-corrected chi connectivity index (χ1v) is 5.54. The second-order valence-corrected chi connectivity index (χ2v) is 4.10. The molecule has 0 unspecified atom stereocenters. The van der Waals surface area contributed by atoms with Gasteiger partial charge >= 0.3 is 0 Å². The second-order valence-electron chi connectivity index (χ2n) is 4.10. The minimum Gasteiger partial charge on any atom is -0.396 e. The van der Waals surface area contributed by atoms with Crippen LogP contribution in [0.1, 0.15) is 57.8 Å². The molecule has 0 aromatic rings. The van der Waals surface area contributed by atoms with Crippen molar-refractivity contribution in [2.75, 3.05) is 6.61 Å². The van der Waals surface area contributed by atoms with Crippen molar-refractivity contribution in [2.24, 2.45) is 5.92 Å². The maximum atomic E-state index is 8.57. The van der Waals surface area contributed by atoms with Crippen molar-refractivity contribution in [3.63, 3.8) is 0 Å². The maximum Gasteiger partial charge on any atom is 0.0459 e. The molecule has 2 rings (SSSR count). The third kappa shape index (κ3) is 6.54. The molecule has 0 aliphatic heterocycles. The molecule has 80 valence electrons. The third-order valence-corrected chi connectivity index (χ3v) is 2.98. The summed E-state index contributed by atoms with van der Waals surface area (Å²) in [6.07, 6.45) is 12.7. The summed E-state index contributed by atoms with van der Waals surface area (Å²) in [5.41, 5.74) is 0. The summed E-state index contributed by atoms with van der Waals surface area (Å²) in [6.45, 7) is 0.417. The SMILES string of the molecule is C1CCCC1.OCC1CCCC1.[Fe]. The summed E-state index contributed by atoms with van der Waals surface area (Å²) in [6, 6.07) is 0. The van der Waals surface area contributed by atoms with Crippen LogP contribution in [0.3, 0.4) is 0 Å². The Labute approximate surface area is 92.8 Å². The molecule has 1 nitrogen and oxygen atoms in total. The van der Waals surface area contributed by atoms with Crippen LogP contribution in [0.15, 0.2) is 0 Å². The number of aliphatic hydroxyl groups excluding tert-OH is 1. The molecule has 0 aromatic carbocycles. The van der Waals surface area contributed by atoms with E-state index in [1.54, 1.807) is 0 Å². The smallest absolute Gasteiger partial charge is 0.0459 e. The molecular formula is C11H22FeO. The normalized spacial score (nSPS) is 21.9. The molecule has 0 radical (unpaired) electrons. The number of hydrogen-bond acceptors (Lipinski definition) is 1. The van der Waals surface area contributed by atoms with Crippen LogP contribution in [-0.2, 0) is 17.1 Å². The molecule has 0 bridgehead atoms. The largest absolute Gasteiger partial charge is 0.396 e. The maximum absolute atomic E-state index is 8.57. The van der Waals surface area contributed by atoms with Gasteiger partial charge in [-0.15, -0.1) is 0 Å². The molecule has 1 N–H and O–H groups in total. The molecule has 13 heavy (non-hydrogen) atoms. The van der Waals surface area contributed by atoms with Crippen LogP contribution >= 0.6 is 0 Å². The molecule has 2 aliphatic carbocycles. The van der Waals surface area contributed by atoms with E-state index in [4.69, 9.17) is 5.11 Å². The van der Waals surface area contributed by atoms with E-state index in [0.717, 1.165) is 0 Å². The van der Waals surface area contributed by atoms with Crippen molar-refractivity contribution in [1.29, 1.82) is 0 Å². The van der Waals surface area contributed by atoms with Crippen LogP contribution in [0.2, 0.25) is 0 Å². The zero-order valence-electron chi connectivity index (χ0n) is 8.45. The van der Waals surface area contributed by atoms with Crippen LogP contribution in [0, 0.1) is 5.92 Å². The molecule has 0 atom stereocenters. The number of aliphatic hydroxyl groups is 1. The fourth-order valence-electron chi connectivity index (χ4n) is 2.08. The van der Waals surface area contributed by atoms with E-state index in [1.165, 1.54) is 57.8 Å². The molecule has 0 amide bonds. The van der Waals surface area contributed by atoms with E-state index in [9.17, 15) is 0 Å². The minimum absolute atomic E-state index is 0. The monoisotopic (exact) mass is 226 g/mol. The fraction of sp³-hybridized carbons (Fsp3) is 1.00. The average Bonchev–Trinajstić information content (AvgIpc) is 2.81. The van der Waals surface area contributed by atoms with E-state index < -0.39 is 0 Å². The molecule has 0 spiro atoms. The second kappa shape index (κ2) is 9.05. The Bertz CT molecular complexity index is 88.7. The molecule has 2 fully saturated rings. The predicted octanol–water partition coefficient (Wildman–Crippen LogP) is 3.12. The summed E-state index contributed by atoms with van der Waals surface area (Å²) in [5.74, 6) is 0.653. The first kappa shape index (κ1) is 13.5. The number of rotatable bonds is 1. The van der Waals surface area contributed by atoms with Gasteiger partial charge in [0.15, 0.2) is 0 Å². The molecule has 2 aliphatic rings. The molecule has 0 heterocycles. The summed E-state index contributed by atoms with van der Waals surface area (Å²) in [5, 5.41) is 8.57. The van der Waals surface area contributed by atoms with Gasteiger partial charge in [-0.05, 0) is 18.8 Å². The Balaban J connectivity index is 0.000000215. The topological polar surface area (TPSA) is 20.2 Å². The van der Waals surface area contributed by atoms with Crippen molar-refractivity contribution < 1.29 is 22.2 Å². The first-order chi connectivity index (χ1) is 5.93. The van der Waals surface area contributed by atoms with Gasteiger partial charge in [-0.2, -0.15) is 0 Å². The Kier molecular flexibility index (Phi) is 9.38. The molecule has 0 aromatic heterocycles. The van der Waals surface area contributed by atoms with Crippen molar-refractivity contribution in [3.05, 3.63) is 0 Å². The van der Waals surface area contributed by atoms with E-state index in [2.05, 4.69) is 0 Å². The summed E-state index contributed by atoms with van der Waals surface area (Å²) >= 11 is 0. The Hall–Kier alpha value is 0.479. The molecule has 2 heteroatoms. The standard InChI is InChI=1S/C6H12O.C5H10.Fe/c7-5-6-3-1-2-4-6;1-2-4-5-3-1;/h6-7H,1-5H2;1-5H2;. The van der Waals surface area contributed by atoms with Crippen LogP contribution in [0.5, 0.6) is 0 Å². The van der Waals surface area contributed by atoms with Crippen LogP contribution in [-0.4, -0.2) is 11.7 Å². The summed E-state index contributed by atoms with van der Waals surface area (Å²) < 4.78 is 0. The molecule has 2 saturated carbocycles. The van der Waals surface area contributed by atoms with E-state index in [-0.39, 0.29) is 17.1 Å². The summed E-state index contributed by atoms with van der Waals surface area (Å²) in [4.78, 5) is 0. The van der Waals surface area contributed by atoms with Gasteiger partial charge < -0.3 is 5.11 Å². The van der Waals surface area contributed by atoms with Gasteiger partial charge in [0.05, 0.1) is 0 Å².